The van der Waals surface area contributed by atoms with E-state index in [2.05, 4.69) is 19.2 Å². The molecule has 16 heavy (non-hydrogen) atoms. The molecule has 96 valence electrons. The van der Waals surface area contributed by atoms with E-state index >= 15 is 0 Å². The van der Waals surface area contributed by atoms with E-state index in [1.165, 1.54) is 4.90 Å². The van der Waals surface area contributed by atoms with Crippen LogP contribution in [0.4, 0.5) is 13.2 Å². The maximum atomic E-state index is 12.3. The number of nitrogens with zero attached hydrogens (tertiary/aromatic N) is 1. The minimum Gasteiger partial charge on any atom is -0.315 e. The Morgan fingerprint density at radius 1 is 1.38 bits per heavy atom. The zero-order valence-corrected chi connectivity index (χ0v) is 10.4. The predicted octanol–water partition coefficient (Wildman–Crippen LogP) is 2.26. The number of alkyl halides is 3. The number of rotatable bonds is 3. The van der Waals surface area contributed by atoms with Crippen molar-refractivity contribution in [2.75, 3.05) is 20.6 Å². The van der Waals surface area contributed by atoms with Crippen molar-refractivity contribution in [1.82, 2.24) is 10.2 Å². The molecule has 0 heterocycles. The Hall–Kier alpha value is -0.290. The van der Waals surface area contributed by atoms with Crippen LogP contribution in [0.1, 0.15) is 26.7 Å². The van der Waals surface area contributed by atoms with E-state index in [0.717, 1.165) is 12.8 Å². The average molecular weight is 238 g/mol. The monoisotopic (exact) mass is 238 g/mol. The fraction of sp³-hybridized carbons (Fsp3) is 1.00. The largest absolute Gasteiger partial charge is 0.401 e. The van der Waals surface area contributed by atoms with Gasteiger partial charge in [-0.3, -0.25) is 4.90 Å². The minimum atomic E-state index is -4.11. The first-order valence-electron chi connectivity index (χ1n) is 5.61. The van der Waals surface area contributed by atoms with Gasteiger partial charge in [0.2, 0.25) is 0 Å². The summed E-state index contributed by atoms with van der Waals surface area (Å²) < 4.78 is 37.0. The third-order valence-corrected chi connectivity index (χ3v) is 3.62. The van der Waals surface area contributed by atoms with Crippen LogP contribution in [0.5, 0.6) is 0 Å². The van der Waals surface area contributed by atoms with Crippen molar-refractivity contribution in [2.45, 2.75) is 44.9 Å². The second-order valence-corrected chi connectivity index (χ2v) is 5.39. The normalized spacial score (nSPS) is 30.0. The molecule has 2 atom stereocenters. The summed E-state index contributed by atoms with van der Waals surface area (Å²) in [6, 6.07) is 0.0986. The van der Waals surface area contributed by atoms with Gasteiger partial charge in [-0.15, -0.1) is 0 Å². The molecule has 0 bridgehead atoms. The molecule has 0 saturated heterocycles. The van der Waals surface area contributed by atoms with E-state index in [-0.39, 0.29) is 17.5 Å². The van der Waals surface area contributed by atoms with Crippen LogP contribution in [0.2, 0.25) is 0 Å². The molecule has 2 nitrogen and oxygen atoms in total. The van der Waals surface area contributed by atoms with E-state index < -0.39 is 12.7 Å². The third kappa shape index (κ3) is 3.10. The quantitative estimate of drug-likeness (QED) is 0.811. The van der Waals surface area contributed by atoms with Gasteiger partial charge in [0.15, 0.2) is 0 Å². The topological polar surface area (TPSA) is 15.3 Å². The molecule has 1 saturated carbocycles. The molecule has 2 unspecified atom stereocenters. The van der Waals surface area contributed by atoms with Gasteiger partial charge in [0.05, 0.1) is 6.54 Å². The van der Waals surface area contributed by atoms with Crippen molar-refractivity contribution < 1.29 is 13.2 Å². The molecule has 0 aliphatic heterocycles. The molecule has 5 heteroatoms. The molecule has 0 radical (unpaired) electrons. The molecule has 1 rings (SSSR count). The van der Waals surface area contributed by atoms with Gasteiger partial charge in [-0.05, 0) is 32.4 Å². The van der Waals surface area contributed by atoms with E-state index in [1.807, 2.05) is 7.05 Å². The molecule has 1 aliphatic carbocycles. The zero-order valence-electron chi connectivity index (χ0n) is 10.4. The van der Waals surface area contributed by atoms with Gasteiger partial charge in [0, 0.05) is 12.1 Å². The van der Waals surface area contributed by atoms with Gasteiger partial charge in [-0.25, -0.2) is 0 Å². The fourth-order valence-corrected chi connectivity index (χ4v) is 2.82. The van der Waals surface area contributed by atoms with Crippen molar-refractivity contribution in [3.8, 4) is 0 Å². The Labute approximate surface area is 95.2 Å². The first-order valence-corrected chi connectivity index (χ1v) is 5.61. The van der Waals surface area contributed by atoms with Gasteiger partial charge < -0.3 is 5.32 Å². The maximum Gasteiger partial charge on any atom is 0.401 e. The molecule has 0 aromatic rings. The molecule has 0 aromatic carbocycles. The number of nitrogens with one attached hydrogen (secondary N) is 1. The van der Waals surface area contributed by atoms with Crippen LogP contribution in [0, 0.1) is 5.41 Å². The molecule has 1 N–H and O–H groups in total. The predicted molar refractivity (Wildman–Crippen MR) is 58.3 cm³/mol. The van der Waals surface area contributed by atoms with E-state index in [4.69, 9.17) is 0 Å². The summed E-state index contributed by atoms with van der Waals surface area (Å²) >= 11 is 0. The summed E-state index contributed by atoms with van der Waals surface area (Å²) in [6.07, 6.45) is -2.32. The lowest BCUT2D eigenvalue weighted by molar-refractivity contribution is -0.148. The van der Waals surface area contributed by atoms with Gasteiger partial charge >= 0.3 is 6.18 Å². The van der Waals surface area contributed by atoms with Crippen LogP contribution in [-0.4, -0.2) is 43.8 Å². The van der Waals surface area contributed by atoms with Crippen LogP contribution in [0.3, 0.4) is 0 Å². The molecule has 1 aliphatic rings. The lowest BCUT2D eigenvalue weighted by Gasteiger charge is -2.35. The molecular weight excluding hydrogens is 217 g/mol. The van der Waals surface area contributed by atoms with Gasteiger partial charge in [0.1, 0.15) is 0 Å². The van der Waals surface area contributed by atoms with E-state index in [9.17, 15) is 13.2 Å². The first-order chi connectivity index (χ1) is 7.17. The average Bonchev–Trinajstić information content (AvgIpc) is 2.37. The van der Waals surface area contributed by atoms with Crippen LogP contribution in [-0.2, 0) is 0 Å². The zero-order chi connectivity index (χ0) is 12.6. The van der Waals surface area contributed by atoms with E-state index in [1.54, 1.807) is 7.05 Å². The third-order valence-electron chi connectivity index (χ3n) is 3.62. The number of halogens is 3. The Kier molecular flexibility index (Phi) is 3.90. The lowest BCUT2D eigenvalue weighted by Crippen LogP contribution is -2.51. The van der Waals surface area contributed by atoms with Gasteiger partial charge in [-0.1, -0.05) is 13.8 Å². The molecule has 0 amide bonds. The van der Waals surface area contributed by atoms with Crippen molar-refractivity contribution in [2.24, 2.45) is 5.41 Å². The summed E-state index contributed by atoms with van der Waals surface area (Å²) in [5.41, 5.74) is 0.0687. The number of likely N-dealkylation sites (N-methyl/N-ethyl adjacent to an activating group) is 2. The summed E-state index contributed by atoms with van der Waals surface area (Å²) in [5, 5.41) is 3.16. The maximum absolute atomic E-state index is 12.3. The first kappa shape index (κ1) is 13.8. The Balaban J connectivity index is 2.67. The molecule has 1 fully saturated rings. The molecule has 0 spiro atoms. The van der Waals surface area contributed by atoms with Crippen molar-refractivity contribution in [3.05, 3.63) is 0 Å². The lowest BCUT2D eigenvalue weighted by atomic mass is 9.86. The number of hydrogen-bond donors (Lipinski definition) is 1. The second-order valence-electron chi connectivity index (χ2n) is 5.39. The summed E-state index contributed by atoms with van der Waals surface area (Å²) in [7, 11) is 3.38. The van der Waals surface area contributed by atoms with Crippen molar-refractivity contribution in [1.29, 1.82) is 0 Å². The summed E-state index contributed by atoms with van der Waals surface area (Å²) in [6.45, 7) is 3.39. The summed E-state index contributed by atoms with van der Waals surface area (Å²) in [5.74, 6) is 0. The number of hydrogen-bond acceptors (Lipinski definition) is 2. The summed E-state index contributed by atoms with van der Waals surface area (Å²) in [4.78, 5) is 1.43. The standard InChI is InChI=1S/C11H21F3N2/c1-10(2)6-5-8(9(10)15-3)16(4)7-11(12,13)14/h8-9,15H,5-7H2,1-4H3. The molecular formula is C11H21F3N2. The fourth-order valence-electron chi connectivity index (χ4n) is 2.82. The smallest absolute Gasteiger partial charge is 0.315 e. The molecule has 0 aromatic heterocycles. The highest BCUT2D eigenvalue weighted by molar-refractivity contribution is 5.00. The Bertz CT molecular complexity index is 238. The van der Waals surface area contributed by atoms with E-state index in [0.29, 0.717) is 0 Å². The highest BCUT2D eigenvalue weighted by atomic mass is 19.4. The Morgan fingerprint density at radius 2 is 1.94 bits per heavy atom. The van der Waals surface area contributed by atoms with Gasteiger partial charge in [-0.2, -0.15) is 13.2 Å². The van der Waals surface area contributed by atoms with Gasteiger partial charge in [0.25, 0.3) is 0 Å². The Morgan fingerprint density at radius 3 is 2.38 bits per heavy atom. The van der Waals surface area contributed by atoms with Crippen LogP contribution in [0.25, 0.3) is 0 Å². The minimum absolute atomic E-state index is 0.0263. The SMILES string of the molecule is CNC1C(N(C)CC(F)(F)F)CCC1(C)C. The highest BCUT2D eigenvalue weighted by Gasteiger charge is 2.44. The second kappa shape index (κ2) is 4.53. The van der Waals surface area contributed by atoms with Crippen LogP contribution >= 0.6 is 0 Å². The van der Waals surface area contributed by atoms with Crippen LogP contribution < -0.4 is 5.32 Å². The van der Waals surface area contributed by atoms with Crippen molar-refractivity contribution in [3.63, 3.8) is 0 Å². The van der Waals surface area contributed by atoms with Crippen LogP contribution in [0.15, 0.2) is 0 Å². The van der Waals surface area contributed by atoms with Crippen molar-refractivity contribution >= 4 is 0 Å². The highest BCUT2D eigenvalue weighted by Crippen LogP contribution is 2.39.